The number of aromatic nitrogens is 1. The van der Waals surface area contributed by atoms with Gasteiger partial charge in [-0.3, -0.25) is 15.2 Å². The minimum Gasteiger partial charge on any atom is -0.447 e. The Bertz CT molecular complexity index is 1240. The summed E-state index contributed by atoms with van der Waals surface area (Å²) < 4.78 is 73.2. The summed E-state index contributed by atoms with van der Waals surface area (Å²) >= 11 is 0. The summed E-state index contributed by atoms with van der Waals surface area (Å²) in [5.74, 6) is -0.670. The third-order valence-electron chi connectivity index (χ3n) is 6.00. The third kappa shape index (κ3) is 11.6. The van der Waals surface area contributed by atoms with Crippen LogP contribution in [0.2, 0.25) is 0 Å². The standard InChI is InChI=1S/C28H34F4N4O7/c1-27(2,3)43-26(39)36-13-20(40-15-19(36)16-42-24(37)34-17-28(30,31)32)9-10-21-22(29)11-33-12-23(21)35-25(38)41-14-18-7-5-4-6-8-18/h4-8,11-12,19-20H,9-10,13-17H2,1-3H3,(H,34,37)(H,35,38)/t19-,20+/m0/s1. The number of ether oxygens (including phenoxy) is 4. The molecule has 2 atom stereocenters. The molecular weight excluding hydrogens is 580 g/mol. The minimum atomic E-state index is -4.62. The second-order valence-corrected chi connectivity index (χ2v) is 10.7. The molecule has 11 nitrogen and oxygen atoms in total. The Morgan fingerprint density at radius 1 is 1.07 bits per heavy atom. The maximum Gasteiger partial charge on any atom is 0.412 e. The second-order valence-electron chi connectivity index (χ2n) is 10.7. The van der Waals surface area contributed by atoms with Gasteiger partial charge in [-0.05, 0) is 39.2 Å². The molecule has 0 unspecified atom stereocenters. The summed E-state index contributed by atoms with van der Waals surface area (Å²) in [5, 5.41) is 4.09. The van der Waals surface area contributed by atoms with E-state index in [1.165, 1.54) is 11.1 Å². The number of anilines is 1. The number of alkyl carbamates (subject to hydrolysis) is 1. The molecule has 0 radical (unpaired) electrons. The highest BCUT2D eigenvalue weighted by Crippen LogP contribution is 2.24. The molecular formula is C28H34F4N4O7. The zero-order valence-corrected chi connectivity index (χ0v) is 23.9. The van der Waals surface area contributed by atoms with E-state index < -0.39 is 61.2 Å². The third-order valence-corrected chi connectivity index (χ3v) is 6.00. The van der Waals surface area contributed by atoms with E-state index in [1.54, 1.807) is 50.4 Å². The molecule has 2 heterocycles. The fourth-order valence-corrected chi connectivity index (χ4v) is 4.01. The highest BCUT2D eigenvalue weighted by Gasteiger charge is 2.36. The van der Waals surface area contributed by atoms with E-state index in [4.69, 9.17) is 18.9 Å². The first-order chi connectivity index (χ1) is 20.2. The van der Waals surface area contributed by atoms with Crippen molar-refractivity contribution in [3.63, 3.8) is 0 Å². The first kappa shape index (κ1) is 33.4. The van der Waals surface area contributed by atoms with Crippen molar-refractivity contribution in [3.8, 4) is 0 Å². The minimum absolute atomic E-state index is 0.00995. The molecule has 0 saturated carbocycles. The van der Waals surface area contributed by atoms with Crippen molar-refractivity contribution in [2.24, 2.45) is 0 Å². The molecule has 1 aromatic carbocycles. The van der Waals surface area contributed by atoms with E-state index in [2.05, 4.69) is 10.3 Å². The molecule has 1 saturated heterocycles. The molecule has 1 fully saturated rings. The highest BCUT2D eigenvalue weighted by molar-refractivity contribution is 5.85. The maximum atomic E-state index is 14.8. The van der Waals surface area contributed by atoms with Crippen LogP contribution in [0.25, 0.3) is 0 Å². The molecule has 3 amide bonds. The van der Waals surface area contributed by atoms with Gasteiger partial charge in [0.1, 0.15) is 31.2 Å². The molecule has 2 aromatic rings. The molecule has 0 bridgehead atoms. The molecule has 1 aromatic heterocycles. The van der Waals surface area contributed by atoms with Crippen LogP contribution in [0, 0.1) is 5.82 Å². The summed E-state index contributed by atoms with van der Waals surface area (Å²) in [6.45, 7) is 2.79. The lowest BCUT2D eigenvalue weighted by atomic mass is 10.0. The quantitative estimate of drug-likeness (QED) is 0.292. The summed E-state index contributed by atoms with van der Waals surface area (Å²) in [6.07, 6.45) is -5.52. The number of nitrogens with zero attached hydrogens (tertiary/aromatic N) is 2. The summed E-state index contributed by atoms with van der Waals surface area (Å²) in [7, 11) is 0. The summed E-state index contributed by atoms with van der Waals surface area (Å²) in [5.41, 5.74) is 0.153. The van der Waals surface area contributed by atoms with Crippen molar-refractivity contribution in [1.29, 1.82) is 0 Å². The average molecular weight is 615 g/mol. The second kappa shape index (κ2) is 14.8. The Kier molecular flexibility index (Phi) is 11.5. The van der Waals surface area contributed by atoms with Crippen LogP contribution in [0.4, 0.5) is 37.6 Å². The Morgan fingerprint density at radius 3 is 2.47 bits per heavy atom. The number of benzene rings is 1. The lowest BCUT2D eigenvalue weighted by molar-refractivity contribution is -0.124. The number of pyridine rings is 1. The predicted octanol–water partition coefficient (Wildman–Crippen LogP) is 5.20. The maximum absolute atomic E-state index is 14.8. The Hall–Kier alpha value is -4.14. The van der Waals surface area contributed by atoms with Gasteiger partial charge in [-0.15, -0.1) is 0 Å². The van der Waals surface area contributed by atoms with E-state index in [-0.39, 0.29) is 43.9 Å². The largest absolute Gasteiger partial charge is 0.447 e. The zero-order chi connectivity index (χ0) is 31.6. The van der Waals surface area contributed by atoms with Gasteiger partial charge in [0.2, 0.25) is 0 Å². The van der Waals surface area contributed by atoms with Crippen molar-refractivity contribution in [2.75, 3.05) is 31.6 Å². The number of amides is 3. The van der Waals surface area contributed by atoms with Gasteiger partial charge in [0.25, 0.3) is 0 Å². The smallest absolute Gasteiger partial charge is 0.412 e. The SMILES string of the molecule is CC(C)(C)OC(=O)N1C[C@@H](CCc2c(F)cncc2NC(=O)OCc2ccccc2)OC[C@H]1COC(=O)NCC(F)(F)F. The van der Waals surface area contributed by atoms with Gasteiger partial charge < -0.3 is 24.3 Å². The van der Waals surface area contributed by atoms with E-state index in [0.717, 1.165) is 11.8 Å². The van der Waals surface area contributed by atoms with Crippen LogP contribution < -0.4 is 10.6 Å². The van der Waals surface area contributed by atoms with Crippen molar-refractivity contribution in [1.82, 2.24) is 15.2 Å². The Balaban J connectivity index is 1.61. The predicted molar refractivity (Wildman–Crippen MR) is 145 cm³/mol. The zero-order valence-electron chi connectivity index (χ0n) is 23.9. The molecule has 236 valence electrons. The van der Waals surface area contributed by atoms with Crippen molar-refractivity contribution >= 4 is 24.0 Å². The Labute approximate surface area is 245 Å². The summed E-state index contributed by atoms with van der Waals surface area (Å²) in [6, 6.07) is 8.14. The number of nitrogens with one attached hydrogen (secondary N) is 2. The molecule has 43 heavy (non-hydrogen) atoms. The number of alkyl halides is 3. The molecule has 0 spiro atoms. The van der Waals surface area contributed by atoms with E-state index >= 15 is 0 Å². The molecule has 1 aliphatic heterocycles. The van der Waals surface area contributed by atoms with Crippen molar-refractivity contribution < 1.29 is 50.9 Å². The number of rotatable bonds is 9. The van der Waals surface area contributed by atoms with Crippen LogP contribution >= 0.6 is 0 Å². The van der Waals surface area contributed by atoms with Gasteiger partial charge in [0.05, 0.1) is 43.4 Å². The monoisotopic (exact) mass is 614 g/mol. The van der Waals surface area contributed by atoms with Crippen LogP contribution in [0.3, 0.4) is 0 Å². The molecule has 3 rings (SSSR count). The Morgan fingerprint density at radius 2 is 1.79 bits per heavy atom. The fourth-order valence-electron chi connectivity index (χ4n) is 4.01. The molecule has 0 aliphatic carbocycles. The normalized spacial score (nSPS) is 17.1. The number of morpholine rings is 1. The van der Waals surface area contributed by atoms with Gasteiger partial charge in [0, 0.05) is 5.56 Å². The number of hydrogen-bond donors (Lipinski definition) is 2. The van der Waals surface area contributed by atoms with Gasteiger partial charge in [0.15, 0.2) is 0 Å². The first-order valence-electron chi connectivity index (χ1n) is 13.4. The molecule has 15 heteroatoms. The first-order valence-corrected chi connectivity index (χ1v) is 13.4. The van der Waals surface area contributed by atoms with Crippen molar-refractivity contribution in [3.05, 3.63) is 59.7 Å². The summed E-state index contributed by atoms with van der Waals surface area (Å²) in [4.78, 5) is 42.1. The van der Waals surface area contributed by atoms with E-state index in [1.807, 2.05) is 6.07 Å². The van der Waals surface area contributed by atoms with Crippen molar-refractivity contribution in [2.45, 2.75) is 64.1 Å². The van der Waals surface area contributed by atoms with Crippen LogP contribution in [-0.2, 0) is 32.0 Å². The lowest BCUT2D eigenvalue weighted by Crippen LogP contribution is -2.55. The number of halogens is 4. The highest BCUT2D eigenvalue weighted by atomic mass is 19.4. The van der Waals surface area contributed by atoms with E-state index in [9.17, 15) is 31.9 Å². The molecule has 2 N–H and O–H groups in total. The van der Waals surface area contributed by atoms with Crippen LogP contribution in [0.1, 0.15) is 38.3 Å². The number of carbonyl (C=O) groups excluding carboxylic acids is 3. The molecule has 1 aliphatic rings. The average Bonchev–Trinajstić information content (AvgIpc) is 2.93. The van der Waals surface area contributed by atoms with E-state index in [0.29, 0.717) is 0 Å². The van der Waals surface area contributed by atoms with Crippen LogP contribution in [0.5, 0.6) is 0 Å². The van der Waals surface area contributed by atoms with Crippen LogP contribution in [-0.4, -0.2) is 78.4 Å². The topological polar surface area (TPSA) is 128 Å². The van der Waals surface area contributed by atoms with Crippen LogP contribution in [0.15, 0.2) is 42.7 Å². The number of carbonyl (C=O) groups is 3. The lowest BCUT2D eigenvalue weighted by Gasteiger charge is -2.39. The van der Waals surface area contributed by atoms with Gasteiger partial charge in [-0.1, -0.05) is 30.3 Å². The fraction of sp³-hybridized carbons (Fsp3) is 0.500. The van der Waals surface area contributed by atoms with Gasteiger partial charge >= 0.3 is 24.5 Å². The number of hydrogen-bond acceptors (Lipinski definition) is 8. The van der Waals surface area contributed by atoms with Gasteiger partial charge in [-0.2, -0.15) is 13.2 Å². The van der Waals surface area contributed by atoms with Gasteiger partial charge in [-0.25, -0.2) is 18.8 Å².